The molecule has 9 heavy (non-hydrogen) atoms. The molecule has 0 spiro atoms. The van der Waals surface area contributed by atoms with Crippen LogP contribution in [0.1, 0.15) is 20.3 Å². The Bertz CT molecular complexity index is 112. The minimum atomic E-state index is -0.0405. The first kappa shape index (κ1) is 6.39. The molecule has 0 aromatic carbocycles. The Hall–Kier alpha value is -0.730. The van der Waals surface area contributed by atoms with Gasteiger partial charge in [-0.25, -0.2) is 4.79 Å². The van der Waals surface area contributed by atoms with Crippen LogP contribution in [0.3, 0.4) is 0 Å². The van der Waals surface area contributed by atoms with Crippen molar-refractivity contribution in [2.45, 2.75) is 32.4 Å². The molecule has 0 bridgehead atoms. The standard InChI is InChI=1S/C6H12N2O/c1-4-3-5(2)8-6(9)7-4/h4-5H,3H2,1-2H3,(H2,7,8,9)/t4-,5+. The highest BCUT2D eigenvalue weighted by Crippen LogP contribution is 2.01. The summed E-state index contributed by atoms with van der Waals surface area (Å²) >= 11 is 0. The van der Waals surface area contributed by atoms with E-state index in [-0.39, 0.29) is 6.03 Å². The van der Waals surface area contributed by atoms with E-state index in [0.29, 0.717) is 12.1 Å². The van der Waals surface area contributed by atoms with Crippen molar-refractivity contribution in [3.8, 4) is 0 Å². The summed E-state index contributed by atoms with van der Waals surface area (Å²) in [6, 6.07) is 0.615. The summed E-state index contributed by atoms with van der Waals surface area (Å²) in [5.74, 6) is 0. The van der Waals surface area contributed by atoms with Crippen LogP contribution in [0.15, 0.2) is 0 Å². The SMILES string of the molecule is C[C@@H]1C[C@H](C)NC(=O)N1. The predicted molar refractivity (Wildman–Crippen MR) is 35.2 cm³/mol. The summed E-state index contributed by atoms with van der Waals surface area (Å²) in [5, 5.41) is 5.52. The van der Waals surface area contributed by atoms with E-state index >= 15 is 0 Å². The second-order valence-electron chi connectivity index (χ2n) is 2.66. The number of urea groups is 1. The van der Waals surface area contributed by atoms with Crippen LogP contribution in [0.25, 0.3) is 0 Å². The van der Waals surface area contributed by atoms with Gasteiger partial charge in [-0.05, 0) is 20.3 Å². The van der Waals surface area contributed by atoms with Gasteiger partial charge in [-0.3, -0.25) is 0 Å². The Balaban J connectivity index is 2.43. The number of hydrogen-bond acceptors (Lipinski definition) is 1. The Kier molecular flexibility index (Phi) is 1.60. The first-order valence-electron chi connectivity index (χ1n) is 3.25. The van der Waals surface area contributed by atoms with Gasteiger partial charge in [0.2, 0.25) is 0 Å². The lowest BCUT2D eigenvalue weighted by Crippen LogP contribution is -2.52. The quantitative estimate of drug-likeness (QED) is 0.489. The van der Waals surface area contributed by atoms with Crippen LogP contribution in [0.4, 0.5) is 4.79 Å². The van der Waals surface area contributed by atoms with E-state index in [1.807, 2.05) is 13.8 Å². The maximum absolute atomic E-state index is 10.7. The number of nitrogens with one attached hydrogen (secondary N) is 2. The van der Waals surface area contributed by atoms with Crippen LogP contribution in [0, 0.1) is 0 Å². The minimum Gasteiger partial charge on any atom is -0.336 e. The molecular weight excluding hydrogens is 116 g/mol. The average molecular weight is 128 g/mol. The normalized spacial score (nSPS) is 35.1. The molecule has 1 aliphatic heterocycles. The fourth-order valence-electron chi connectivity index (χ4n) is 1.14. The fraction of sp³-hybridized carbons (Fsp3) is 0.833. The molecule has 2 atom stereocenters. The zero-order chi connectivity index (χ0) is 6.85. The van der Waals surface area contributed by atoms with E-state index in [4.69, 9.17) is 0 Å². The molecule has 2 N–H and O–H groups in total. The first-order chi connectivity index (χ1) is 4.18. The highest BCUT2D eigenvalue weighted by Gasteiger charge is 2.18. The fourth-order valence-corrected chi connectivity index (χ4v) is 1.14. The Labute approximate surface area is 54.8 Å². The summed E-state index contributed by atoms with van der Waals surface area (Å²) in [4.78, 5) is 10.7. The van der Waals surface area contributed by atoms with Crippen molar-refractivity contribution in [3.05, 3.63) is 0 Å². The van der Waals surface area contributed by atoms with E-state index in [9.17, 15) is 4.79 Å². The van der Waals surface area contributed by atoms with E-state index in [0.717, 1.165) is 6.42 Å². The molecule has 0 aromatic rings. The predicted octanol–water partition coefficient (Wildman–Crippen LogP) is 0.466. The summed E-state index contributed by atoms with van der Waals surface area (Å²) < 4.78 is 0. The van der Waals surface area contributed by atoms with Crippen LogP contribution in [-0.2, 0) is 0 Å². The van der Waals surface area contributed by atoms with Gasteiger partial charge in [0.05, 0.1) is 0 Å². The lowest BCUT2D eigenvalue weighted by molar-refractivity contribution is 0.223. The molecule has 52 valence electrons. The summed E-state index contributed by atoms with van der Waals surface area (Å²) in [5.41, 5.74) is 0. The van der Waals surface area contributed by atoms with Crippen LogP contribution in [0.5, 0.6) is 0 Å². The van der Waals surface area contributed by atoms with Crippen LogP contribution >= 0.6 is 0 Å². The summed E-state index contributed by atoms with van der Waals surface area (Å²) in [7, 11) is 0. The third-order valence-electron chi connectivity index (χ3n) is 1.46. The Morgan fingerprint density at radius 2 is 1.78 bits per heavy atom. The van der Waals surface area contributed by atoms with Crippen molar-refractivity contribution in [2.75, 3.05) is 0 Å². The van der Waals surface area contributed by atoms with Crippen molar-refractivity contribution >= 4 is 6.03 Å². The number of amides is 2. The van der Waals surface area contributed by atoms with Gasteiger partial charge in [0.25, 0.3) is 0 Å². The molecule has 0 unspecified atom stereocenters. The van der Waals surface area contributed by atoms with E-state index in [2.05, 4.69) is 10.6 Å². The number of carbonyl (C=O) groups excluding carboxylic acids is 1. The van der Waals surface area contributed by atoms with Crippen LogP contribution < -0.4 is 10.6 Å². The second kappa shape index (κ2) is 2.25. The highest BCUT2D eigenvalue weighted by atomic mass is 16.2. The maximum atomic E-state index is 10.7. The zero-order valence-electron chi connectivity index (χ0n) is 5.77. The molecule has 1 aliphatic rings. The second-order valence-corrected chi connectivity index (χ2v) is 2.66. The molecule has 0 radical (unpaired) electrons. The van der Waals surface area contributed by atoms with Gasteiger partial charge >= 0.3 is 6.03 Å². The molecule has 1 rings (SSSR count). The summed E-state index contributed by atoms with van der Waals surface area (Å²) in [6.45, 7) is 4.02. The average Bonchev–Trinajstić information content (AvgIpc) is 1.59. The Morgan fingerprint density at radius 1 is 1.33 bits per heavy atom. The third kappa shape index (κ3) is 1.59. The number of rotatable bonds is 0. The van der Waals surface area contributed by atoms with Gasteiger partial charge in [-0.1, -0.05) is 0 Å². The smallest absolute Gasteiger partial charge is 0.315 e. The van der Waals surface area contributed by atoms with E-state index in [1.54, 1.807) is 0 Å². The zero-order valence-corrected chi connectivity index (χ0v) is 5.77. The molecule has 3 heteroatoms. The molecule has 0 aromatic heterocycles. The first-order valence-corrected chi connectivity index (χ1v) is 3.25. The van der Waals surface area contributed by atoms with Crippen molar-refractivity contribution in [3.63, 3.8) is 0 Å². The monoisotopic (exact) mass is 128 g/mol. The van der Waals surface area contributed by atoms with Gasteiger partial charge in [0.15, 0.2) is 0 Å². The molecule has 0 saturated carbocycles. The van der Waals surface area contributed by atoms with E-state index in [1.165, 1.54) is 0 Å². The van der Waals surface area contributed by atoms with Crippen molar-refractivity contribution < 1.29 is 4.79 Å². The number of carbonyl (C=O) groups is 1. The third-order valence-corrected chi connectivity index (χ3v) is 1.46. The Morgan fingerprint density at radius 3 is 2.11 bits per heavy atom. The maximum Gasteiger partial charge on any atom is 0.315 e. The van der Waals surface area contributed by atoms with E-state index < -0.39 is 0 Å². The molecule has 0 aliphatic carbocycles. The molecule has 1 saturated heterocycles. The highest BCUT2D eigenvalue weighted by molar-refractivity contribution is 5.75. The van der Waals surface area contributed by atoms with Crippen molar-refractivity contribution in [2.24, 2.45) is 0 Å². The number of hydrogen-bond donors (Lipinski definition) is 2. The van der Waals surface area contributed by atoms with Gasteiger partial charge in [-0.2, -0.15) is 0 Å². The molecule has 1 heterocycles. The topological polar surface area (TPSA) is 41.1 Å². The minimum absolute atomic E-state index is 0.0405. The largest absolute Gasteiger partial charge is 0.336 e. The lowest BCUT2D eigenvalue weighted by atomic mass is 10.1. The van der Waals surface area contributed by atoms with Crippen molar-refractivity contribution in [1.29, 1.82) is 0 Å². The van der Waals surface area contributed by atoms with Crippen LogP contribution in [-0.4, -0.2) is 18.1 Å². The van der Waals surface area contributed by atoms with Crippen molar-refractivity contribution in [1.82, 2.24) is 10.6 Å². The molecule has 1 fully saturated rings. The van der Waals surface area contributed by atoms with Gasteiger partial charge in [0, 0.05) is 12.1 Å². The lowest BCUT2D eigenvalue weighted by Gasteiger charge is -2.26. The molecule has 3 nitrogen and oxygen atoms in total. The van der Waals surface area contributed by atoms with Crippen LogP contribution in [0.2, 0.25) is 0 Å². The molecule has 2 amide bonds. The summed E-state index contributed by atoms with van der Waals surface area (Å²) in [6.07, 6.45) is 1.02. The van der Waals surface area contributed by atoms with Gasteiger partial charge in [-0.15, -0.1) is 0 Å². The van der Waals surface area contributed by atoms with Gasteiger partial charge < -0.3 is 10.6 Å². The van der Waals surface area contributed by atoms with Gasteiger partial charge in [0.1, 0.15) is 0 Å². The molecular formula is C6H12N2O.